The number of piperidine rings is 1. The van der Waals surface area contributed by atoms with Gasteiger partial charge in [0.2, 0.25) is 0 Å². The summed E-state index contributed by atoms with van der Waals surface area (Å²) in [5.41, 5.74) is 1.28. The molecule has 0 radical (unpaired) electrons. The first kappa shape index (κ1) is 13.6. The maximum absolute atomic E-state index is 5.61. The van der Waals surface area contributed by atoms with Crippen molar-refractivity contribution in [1.29, 1.82) is 0 Å². The van der Waals surface area contributed by atoms with Crippen molar-refractivity contribution in [3.63, 3.8) is 0 Å². The zero-order valence-electron chi connectivity index (χ0n) is 11.8. The fourth-order valence-electron chi connectivity index (χ4n) is 2.65. The molecule has 4 heteroatoms. The first-order valence-corrected chi connectivity index (χ1v) is 6.79. The minimum Gasteiger partial charge on any atom is -0.468 e. The van der Waals surface area contributed by atoms with Crippen LogP contribution >= 0.6 is 0 Å². The highest BCUT2D eigenvalue weighted by Gasteiger charge is 2.21. The average Bonchev–Trinajstić information content (AvgIpc) is 2.78. The van der Waals surface area contributed by atoms with Crippen LogP contribution in [0.1, 0.15) is 24.2 Å². The second kappa shape index (κ2) is 6.36. The maximum atomic E-state index is 5.61. The third-order valence-corrected chi connectivity index (χ3v) is 3.91. The Bertz CT molecular complexity index is 356. The Labute approximate surface area is 110 Å². The molecule has 2 heterocycles. The lowest BCUT2D eigenvalue weighted by Crippen LogP contribution is -2.41. The van der Waals surface area contributed by atoms with Crippen LogP contribution in [0.4, 0.5) is 0 Å². The molecule has 1 aliphatic rings. The summed E-state index contributed by atoms with van der Waals surface area (Å²) in [6.45, 7) is 4.21. The summed E-state index contributed by atoms with van der Waals surface area (Å²) in [5.74, 6) is 1.10. The van der Waals surface area contributed by atoms with E-state index < -0.39 is 0 Å². The van der Waals surface area contributed by atoms with Crippen LogP contribution in [0.5, 0.6) is 0 Å². The maximum Gasteiger partial charge on any atom is 0.122 e. The van der Waals surface area contributed by atoms with Crippen LogP contribution in [0.15, 0.2) is 16.7 Å². The van der Waals surface area contributed by atoms with E-state index in [9.17, 15) is 0 Å². The molecule has 0 aliphatic carbocycles. The number of likely N-dealkylation sites (tertiary alicyclic amines) is 1. The van der Waals surface area contributed by atoms with Gasteiger partial charge in [0.1, 0.15) is 5.76 Å². The second-order valence-corrected chi connectivity index (χ2v) is 5.35. The third-order valence-electron chi connectivity index (χ3n) is 3.91. The number of furan rings is 1. The quantitative estimate of drug-likeness (QED) is 0.860. The van der Waals surface area contributed by atoms with Crippen molar-refractivity contribution in [2.45, 2.75) is 32.0 Å². The zero-order chi connectivity index (χ0) is 13.0. The summed E-state index contributed by atoms with van der Waals surface area (Å²) in [6.07, 6.45) is 4.31. The first-order valence-electron chi connectivity index (χ1n) is 6.79. The zero-order valence-corrected chi connectivity index (χ0v) is 11.8. The van der Waals surface area contributed by atoms with E-state index in [4.69, 9.17) is 4.42 Å². The number of rotatable bonds is 5. The van der Waals surface area contributed by atoms with E-state index >= 15 is 0 Å². The van der Waals surface area contributed by atoms with Gasteiger partial charge in [-0.2, -0.15) is 0 Å². The van der Waals surface area contributed by atoms with Crippen LogP contribution in [0.25, 0.3) is 0 Å². The van der Waals surface area contributed by atoms with E-state index in [-0.39, 0.29) is 0 Å². The fraction of sp³-hybridized carbons (Fsp3) is 0.714. The van der Waals surface area contributed by atoms with E-state index in [1.165, 1.54) is 31.5 Å². The fourth-order valence-corrected chi connectivity index (χ4v) is 2.65. The molecular formula is C14H25N3O. The van der Waals surface area contributed by atoms with E-state index in [0.717, 1.165) is 18.8 Å². The normalized spacial score (nSPS) is 18.7. The van der Waals surface area contributed by atoms with E-state index in [2.05, 4.69) is 35.3 Å². The largest absolute Gasteiger partial charge is 0.468 e. The number of nitrogens with zero attached hydrogens (tertiary/aromatic N) is 2. The molecular weight excluding hydrogens is 226 g/mol. The monoisotopic (exact) mass is 251 g/mol. The van der Waals surface area contributed by atoms with Crippen LogP contribution in [0.2, 0.25) is 0 Å². The van der Waals surface area contributed by atoms with Crippen LogP contribution in [-0.2, 0) is 13.1 Å². The highest BCUT2D eigenvalue weighted by atomic mass is 16.3. The van der Waals surface area contributed by atoms with Crippen molar-refractivity contribution >= 4 is 0 Å². The van der Waals surface area contributed by atoms with Crippen molar-refractivity contribution in [2.75, 3.05) is 34.2 Å². The van der Waals surface area contributed by atoms with Gasteiger partial charge < -0.3 is 14.6 Å². The van der Waals surface area contributed by atoms with E-state index in [1.54, 1.807) is 6.26 Å². The van der Waals surface area contributed by atoms with E-state index in [1.807, 2.05) is 7.05 Å². The van der Waals surface area contributed by atoms with Gasteiger partial charge in [-0.25, -0.2) is 0 Å². The van der Waals surface area contributed by atoms with Crippen LogP contribution in [0.3, 0.4) is 0 Å². The molecule has 0 unspecified atom stereocenters. The molecule has 18 heavy (non-hydrogen) atoms. The topological polar surface area (TPSA) is 31.7 Å². The smallest absolute Gasteiger partial charge is 0.122 e. The average molecular weight is 251 g/mol. The van der Waals surface area contributed by atoms with E-state index in [0.29, 0.717) is 6.04 Å². The Morgan fingerprint density at radius 2 is 2.17 bits per heavy atom. The molecule has 0 aromatic carbocycles. The SMILES string of the molecule is CNCc1ccoc1CN(C)C1CCN(C)CC1. The molecule has 2 rings (SSSR count). The molecule has 1 N–H and O–H groups in total. The summed E-state index contributed by atoms with van der Waals surface area (Å²) in [5, 5.41) is 3.18. The molecule has 0 spiro atoms. The molecule has 1 aliphatic heterocycles. The third kappa shape index (κ3) is 3.34. The number of hydrogen-bond donors (Lipinski definition) is 1. The van der Waals surface area contributed by atoms with Crippen molar-refractivity contribution in [3.05, 3.63) is 23.7 Å². The Morgan fingerprint density at radius 3 is 2.83 bits per heavy atom. The molecule has 1 aromatic rings. The first-order chi connectivity index (χ1) is 8.70. The van der Waals surface area contributed by atoms with Crippen molar-refractivity contribution < 1.29 is 4.42 Å². The van der Waals surface area contributed by atoms with Gasteiger partial charge in [0.15, 0.2) is 0 Å². The molecule has 0 saturated carbocycles. The lowest BCUT2D eigenvalue weighted by molar-refractivity contribution is 0.132. The molecule has 1 aromatic heterocycles. The van der Waals surface area contributed by atoms with Crippen LogP contribution in [-0.4, -0.2) is 50.1 Å². The van der Waals surface area contributed by atoms with Crippen molar-refractivity contribution in [3.8, 4) is 0 Å². The standard InChI is InChI=1S/C14H25N3O/c1-15-10-12-6-9-18-14(12)11-17(3)13-4-7-16(2)8-5-13/h6,9,13,15H,4-5,7-8,10-11H2,1-3H3. The van der Waals surface area contributed by atoms with Crippen molar-refractivity contribution in [2.24, 2.45) is 0 Å². The molecule has 102 valence electrons. The predicted molar refractivity (Wildman–Crippen MR) is 73.5 cm³/mol. The summed E-state index contributed by atoms with van der Waals surface area (Å²) >= 11 is 0. The second-order valence-electron chi connectivity index (χ2n) is 5.35. The molecule has 0 amide bonds. The Hall–Kier alpha value is -0.840. The number of nitrogens with one attached hydrogen (secondary N) is 1. The Kier molecular flexibility index (Phi) is 4.80. The van der Waals surface area contributed by atoms with Gasteiger partial charge in [0.25, 0.3) is 0 Å². The van der Waals surface area contributed by atoms with Gasteiger partial charge in [-0.05, 0) is 53.1 Å². The highest BCUT2D eigenvalue weighted by Crippen LogP contribution is 2.19. The molecule has 1 fully saturated rings. The summed E-state index contributed by atoms with van der Waals surface area (Å²) in [7, 11) is 6.38. The van der Waals surface area contributed by atoms with Crippen LogP contribution in [0, 0.1) is 0 Å². The molecule has 0 bridgehead atoms. The minimum atomic E-state index is 0.689. The summed E-state index contributed by atoms with van der Waals surface area (Å²) < 4.78 is 5.61. The van der Waals surface area contributed by atoms with Gasteiger partial charge in [-0.1, -0.05) is 0 Å². The summed E-state index contributed by atoms with van der Waals surface area (Å²) in [4.78, 5) is 4.84. The van der Waals surface area contributed by atoms with Gasteiger partial charge >= 0.3 is 0 Å². The van der Waals surface area contributed by atoms with Crippen molar-refractivity contribution in [1.82, 2.24) is 15.1 Å². The highest BCUT2D eigenvalue weighted by molar-refractivity contribution is 5.16. The van der Waals surface area contributed by atoms with Gasteiger partial charge in [0, 0.05) is 18.2 Å². The van der Waals surface area contributed by atoms with Gasteiger partial charge in [-0.3, -0.25) is 4.90 Å². The van der Waals surface area contributed by atoms with Crippen LogP contribution < -0.4 is 5.32 Å². The lowest BCUT2D eigenvalue weighted by Gasteiger charge is -2.34. The van der Waals surface area contributed by atoms with Gasteiger partial charge in [0.05, 0.1) is 12.8 Å². The summed E-state index contributed by atoms with van der Waals surface area (Å²) in [6, 6.07) is 2.75. The number of hydrogen-bond acceptors (Lipinski definition) is 4. The Balaban J connectivity index is 1.90. The Morgan fingerprint density at radius 1 is 1.44 bits per heavy atom. The lowest BCUT2D eigenvalue weighted by atomic mass is 10.0. The minimum absolute atomic E-state index is 0.689. The molecule has 1 saturated heterocycles. The predicted octanol–water partition coefficient (Wildman–Crippen LogP) is 1.52. The molecule has 0 atom stereocenters. The molecule has 4 nitrogen and oxygen atoms in total. The van der Waals surface area contributed by atoms with Gasteiger partial charge in [-0.15, -0.1) is 0 Å².